The van der Waals surface area contributed by atoms with Gasteiger partial charge in [-0.05, 0) is 35.3 Å². The molecule has 0 fully saturated rings. The first-order chi connectivity index (χ1) is 10.3. The van der Waals surface area contributed by atoms with Crippen molar-refractivity contribution < 1.29 is 14.9 Å². The molecule has 0 heterocycles. The highest BCUT2D eigenvalue weighted by Gasteiger charge is 1.98. The van der Waals surface area contributed by atoms with E-state index in [1.807, 2.05) is 60.7 Å². The summed E-state index contributed by atoms with van der Waals surface area (Å²) in [6.07, 6.45) is 2.37. The summed E-state index contributed by atoms with van der Waals surface area (Å²) in [5, 5.41) is 18.1. The standard InChI is InChI=1S/C18H20O3/c19-11-10-17(13-20)12-15-6-8-18(9-7-15)21-14-16-4-2-1-3-5-16/h1-9,12,19-20H,10-11,13-14H2/b17-12-. The summed E-state index contributed by atoms with van der Waals surface area (Å²) in [5.74, 6) is 0.809. The van der Waals surface area contributed by atoms with E-state index < -0.39 is 0 Å². The monoisotopic (exact) mass is 284 g/mol. The van der Waals surface area contributed by atoms with Gasteiger partial charge < -0.3 is 14.9 Å². The Morgan fingerprint density at radius 3 is 2.29 bits per heavy atom. The molecule has 2 rings (SSSR count). The average Bonchev–Trinajstić information content (AvgIpc) is 2.54. The number of rotatable bonds is 7. The third-order valence-electron chi connectivity index (χ3n) is 3.14. The van der Waals surface area contributed by atoms with E-state index in [1.54, 1.807) is 0 Å². The second-order valence-electron chi connectivity index (χ2n) is 4.78. The minimum atomic E-state index is -0.0349. The van der Waals surface area contributed by atoms with Gasteiger partial charge in [0.25, 0.3) is 0 Å². The number of aliphatic hydroxyl groups excluding tert-OH is 2. The Labute approximate surface area is 125 Å². The van der Waals surface area contributed by atoms with Crippen LogP contribution in [0, 0.1) is 0 Å². The summed E-state index contributed by atoms with van der Waals surface area (Å²) >= 11 is 0. The van der Waals surface area contributed by atoms with Gasteiger partial charge in [-0.15, -0.1) is 0 Å². The Balaban J connectivity index is 1.95. The van der Waals surface area contributed by atoms with Crippen LogP contribution in [0.2, 0.25) is 0 Å². The van der Waals surface area contributed by atoms with E-state index in [0.717, 1.165) is 22.4 Å². The Morgan fingerprint density at radius 1 is 0.952 bits per heavy atom. The molecule has 0 atom stereocenters. The Morgan fingerprint density at radius 2 is 1.67 bits per heavy atom. The molecule has 0 aliphatic rings. The first-order valence-corrected chi connectivity index (χ1v) is 7.00. The van der Waals surface area contributed by atoms with Crippen LogP contribution in [-0.2, 0) is 6.61 Å². The molecular weight excluding hydrogens is 264 g/mol. The highest BCUT2D eigenvalue weighted by molar-refractivity contribution is 5.54. The van der Waals surface area contributed by atoms with Crippen LogP contribution in [0.1, 0.15) is 17.5 Å². The van der Waals surface area contributed by atoms with Gasteiger partial charge in [0.2, 0.25) is 0 Å². The minimum absolute atomic E-state index is 0.0349. The van der Waals surface area contributed by atoms with Crippen molar-refractivity contribution in [3.8, 4) is 5.75 Å². The third kappa shape index (κ3) is 5.06. The van der Waals surface area contributed by atoms with E-state index in [-0.39, 0.29) is 13.2 Å². The zero-order valence-corrected chi connectivity index (χ0v) is 11.9. The largest absolute Gasteiger partial charge is 0.489 e. The van der Waals surface area contributed by atoms with Gasteiger partial charge in [-0.3, -0.25) is 0 Å². The zero-order valence-electron chi connectivity index (χ0n) is 11.9. The molecule has 21 heavy (non-hydrogen) atoms. The zero-order chi connectivity index (χ0) is 14.9. The van der Waals surface area contributed by atoms with Crippen molar-refractivity contribution in [3.63, 3.8) is 0 Å². The van der Waals surface area contributed by atoms with Gasteiger partial charge in [0.05, 0.1) is 6.61 Å². The first-order valence-electron chi connectivity index (χ1n) is 7.00. The second kappa shape index (κ2) is 8.25. The van der Waals surface area contributed by atoms with Gasteiger partial charge in [-0.1, -0.05) is 48.5 Å². The van der Waals surface area contributed by atoms with Gasteiger partial charge in [0.1, 0.15) is 12.4 Å². The van der Waals surface area contributed by atoms with Crippen LogP contribution in [-0.4, -0.2) is 23.4 Å². The maximum absolute atomic E-state index is 9.18. The van der Waals surface area contributed by atoms with Crippen LogP contribution in [0.15, 0.2) is 60.2 Å². The molecule has 3 nitrogen and oxygen atoms in total. The third-order valence-corrected chi connectivity index (χ3v) is 3.14. The van der Waals surface area contributed by atoms with Gasteiger partial charge in [-0.25, -0.2) is 0 Å². The topological polar surface area (TPSA) is 49.7 Å². The van der Waals surface area contributed by atoms with Crippen molar-refractivity contribution >= 4 is 6.08 Å². The molecule has 0 saturated heterocycles. The van der Waals surface area contributed by atoms with E-state index in [9.17, 15) is 5.11 Å². The lowest BCUT2D eigenvalue weighted by molar-refractivity contribution is 0.279. The molecule has 2 aromatic carbocycles. The van der Waals surface area contributed by atoms with Crippen LogP contribution in [0.4, 0.5) is 0 Å². The van der Waals surface area contributed by atoms with Crippen LogP contribution < -0.4 is 4.74 Å². The highest BCUT2D eigenvalue weighted by atomic mass is 16.5. The van der Waals surface area contributed by atoms with E-state index in [4.69, 9.17) is 9.84 Å². The molecule has 3 heteroatoms. The molecule has 2 N–H and O–H groups in total. The Bertz CT molecular complexity index is 559. The number of ether oxygens (including phenoxy) is 1. The smallest absolute Gasteiger partial charge is 0.119 e. The molecule has 0 aliphatic carbocycles. The predicted molar refractivity (Wildman–Crippen MR) is 84.0 cm³/mol. The molecular formula is C18H20O3. The van der Waals surface area contributed by atoms with Crippen molar-refractivity contribution in [2.45, 2.75) is 13.0 Å². The number of benzene rings is 2. The van der Waals surface area contributed by atoms with Crippen molar-refractivity contribution in [1.29, 1.82) is 0 Å². The molecule has 2 aromatic rings. The SMILES string of the molecule is OCC/C(=C/c1ccc(OCc2ccccc2)cc1)CO. The van der Waals surface area contributed by atoms with Crippen LogP contribution in [0.3, 0.4) is 0 Å². The summed E-state index contributed by atoms with van der Waals surface area (Å²) in [5.41, 5.74) is 2.93. The van der Waals surface area contributed by atoms with E-state index >= 15 is 0 Å². The Hall–Kier alpha value is -2.10. The average molecular weight is 284 g/mol. The van der Waals surface area contributed by atoms with E-state index in [0.29, 0.717) is 13.0 Å². The molecule has 0 unspecified atom stereocenters. The molecule has 0 radical (unpaired) electrons. The number of aliphatic hydroxyl groups is 2. The van der Waals surface area contributed by atoms with Crippen LogP contribution in [0.5, 0.6) is 5.75 Å². The van der Waals surface area contributed by atoms with Crippen molar-refractivity contribution in [2.24, 2.45) is 0 Å². The minimum Gasteiger partial charge on any atom is -0.489 e. The Kier molecular flexibility index (Phi) is 6.00. The maximum Gasteiger partial charge on any atom is 0.119 e. The second-order valence-corrected chi connectivity index (χ2v) is 4.78. The molecule has 110 valence electrons. The summed E-state index contributed by atoms with van der Waals surface area (Å²) in [4.78, 5) is 0. The maximum atomic E-state index is 9.18. The number of hydrogen-bond acceptors (Lipinski definition) is 3. The lowest BCUT2D eigenvalue weighted by atomic mass is 10.1. The molecule has 0 aliphatic heterocycles. The highest BCUT2D eigenvalue weighted by Crippen LogP contribution is 2.16. The van der Waals surface area contributed by atoms with Gasteiger partial charge in [0, 0.05) is 6.61 Å². The van der Waals surface area contributed by atoms with Gasteiger partial charge >= 0.3 is 0 Å². The summed E-state index contributed by atoms with van der Waals surface area (Å²) in [6, 6.07) is 17.7. The summed E-state index contributed by atoms with van der Waals surface area (Å²) in [6.45, 7) is 0.555. The van der Waals surface area contributed by atoms with E-state index in [2.05, 4.69) is 0 Å². The lowest BCUT2D eigenvalue weighted by Gasteiger charge is -2.07. The molecule has 0 spiro atoms. The normalized spacial score (nSPS) is 11.4. The lowest BCUT2D eigenvalue weighted by Crippen LogP contribution is -1.95. The van der Waals surface area contributed by atoms with Crippen LogP contribution >= 0.6 is 0 Å². The van der Waals surface area contributed by atoms with Crippen molar-refractivity contribution in [3.05, 3.63) is 71.3 Å². The fourth-order valence-corrected chi connectivity index (χ4v) is 1.98. The summed E-state index contributed by atoms with van der Waals surface area (Å²) in [7, 11) is 0. The molecule has 0 aromatic heterocycles. The van der Waals surface area contributed by atoms with Crippen molar-refractivity contribution in [1.82, 2.24) is 0 Å². The first kappa shape index (κ1) is 15.3. The fourth-order valence-electron chi connectivity index (χ4n) is 1.98. The van der Waals surface area contributed by atoms with Gasteiger partial charge in [-0.2, -0.15) is 0 Å². The van der Waals surface area contributed by atoms with Gasteiger partial charge in [0.15, 0.2) is 0 Å². The molecule has 0 saturated carbocycles. The number of hydrogen-bond donors (Lipinski definition) is 2. The van der Waals surface area contributed by atoms with Crippen molar-refractivity contribution in [2.75, 3.05) is 13.2 Å². The fraction of sp³-hybridized carbons (Fsp3) is 0.222. The van der Waals surface area contributed by atoms with E-state index in [1.165, 1.54) is 0 Å². The molecule has 0 amide bonds. The van der Waals surface area contributed by atoms with Crippen LogP contribution in [0.25, 0.3) is 6.08 Å². The quantitative estimate of drug-likeness (QED) is 0.821. The predicted octanol–water partition coefficient (Wildman–Crippen LogP) is 3.02. The summed E-state index contributed by atoms with van der Waals surface area (Å²) < 4.78 is 5.72. The molecule has 0 bridgehead atoms.